The van der Waals surface area contributed by atoms with E-state index in [1.807, 2.05) is 30.5 Å². The van der Waals surface area contributed by atoms with Crippen LogP contribution in [0, 0.1) is 0 Å². The average Bonchev–Trinajstić information content (AvgIpc) is 3.04. The number of nitrogens with one attached hydrogen (secondary N) is 2. The maximum absolute atomic E-state index is 9.89. The third-order valence-corrected chi connectivity index (χ3v) is 3.78. The van der Waals surface area contributed by atoms with Gasteiger partial charge >= 0.3 is 0 Å². The van der Waals surface area contributed by atoms with Crippen molar-refractivity contribution in [1.82, 2.24) is 15.0 Å². The standard InChI is InChI=1S/C17H14N4O2/c1-23-15-7-11-13(8-14(15)22)19-9-20-17(11)21-12-4-2-3-10-5-6-18-16(10)12/h2-9,18,22H,1H3,(H,19,20,21). The van der Waals surface area contributed by atoms with Crippen LogP contribution >= 0.6 is 0 Å². The molecule has 0 atom stereocenters. The molecule has 0 bridgehead atoms. The second-order valence-electron chi connectivity index (χ2n) is 5.14. The van der Waals surface area contributed by atoms with Crippen molar-refractivity contribution in [3.8, 4) is 11.5 Å². The first-order valence-electron chi connectivity index (χ1n) is 7.11. The van der Waals surface area contributed by atoms with Crippen LogP contribution in [0.5, 0.6) is 11.5 Å². The molecule has 114 valence electrons. The smallest absolute Gasteiger partial charge is 0.161 e. The van der Waals surface area contributed by atoms with Crippen LogP contribution in [-0.4, -0.2) is 27.2 Å². The highest BCUT2D eigenvalue weighted by Gasteiger charge is 2.11. The Hall–Kier alpha value is -3.28. The monoisotopic (exact) mass is 306 g/mol. The molecule has 23 heavy (non-hydrogen) atoms. The summed E-state index contributed by atoms with van der Waals surface area (Å²) in [5.74, 6) is 1.08. The van der Waals surface area contributed by atoms with E-state index >= 15 is 0 Å². The van der Waals surface area contributed by atoms with Crippen LogP contribution in [0.4, 0.5) is 11.5 Å². The Morgan fingerprint density at radius 2 is 2.09 bits per heavy atom. The Bertz CT molecular complexity index is 1010. The number of benzene rings is 2. The molecular formula is C17H14N4O2. The molecule has 0 fully saturated rings. The van der Waals surface area contributed by atoms with Crippen LogP contribution < -0.4 is 10.1 Å². The van der Waals surface area contributed by atoms with E-state index in [2.05, 4.69) is 20.3 Å². The molecule has 0 radical (unpaired) electrons. The lowest BCUT2D eigenvalue weighted by Gasteiger charge is -2.11. The molecular weight excluding hydrogens is 292 g/mol. The van der Waals surface area contributed by atoms with Gasteiger partial charge in [0.2, 0.25) is 0 Å². The van der Waals surface area contributed by atoms with Crippen molar-refractivity contribution in [1.29, 1.82) is 0 Å². The van der Waals surface area contributed by atoms with Gasteiger partial charge in [0.15, 0.2) is 11.5 Å². The topological polar surface area (TPSA) is 83.1 Å². The highest BCUT2D eigenvalue weighted by atomic mass is 16.5. The minimum absolute atomic E-state index is 0.0520. The van der Waals surface area contributed by atoms with Crippen molar-refractivity contribution in [2.75, 3.05) is 12.4 Å². The molecule has 0 saturated carbocycles. The molecule has 3 N–H and O–H groups in total. The van der Waals surface area contributed by atoms with Gasteiger partial charge in [0, 0.05) is 23.0 Å². The van der Waals surface area contributed by atoms with Gasteiger partial charge in [0.1, 0.15) is 12.1 Å². The molecule has 0 amide bonds. The SMILES string of the molecule is COc1cc2c(Nc3cccc4cc[nH]c34)ncnc2cc1O. The summed E-state index contributed by atoms with van der Waals surface area (Å²) in [6.45, 7) is 0. The van der Waals surface area contributed by atoms with Crippen LogP contribution in [0.2, 0.25) is 0 Å². The van der Waals surface area contributed by atoms with Gasteiger partial charge in [0.25, 0.3) is 0 Å². The minimum atomic E-state index is 0.0520. The van der Waals surface area contributed by atoms with Crippen LogP contribution in [0.25, 0.3) is 21.8 Å². The number of para-hydroxylation sites is 1. The van der Waals surface area contributed by atoms with Gasteiger partial charge in [-0.3, -0.25) is 0 Å². The molecule has 0 aliphatic carbocycles. The highest BCUT2D eigenvalue weighted by Crippen LogP contribution is 2.34. The van der Waals surface area contributed by atoms with Gasteiger partial charge in [-0.2, -0.15) is 0 Å². The Morgan fingerprint density at radius 3 is 2.96 bits per heavy atom. The van der Waals surface area contributed by atoms with Crippen LogP contribution in [0.3, 0.4) is 0 Å². The molecule has 4 rings (SSSR count). The highest BCUT2D eigenvalue weighted by molar-refractivity contribution is 5.97. The van der Waals surface area contributed by atoms with E-state index in [-0.39, 0.29) is 5.75 Å². The maximum Gasteiger partial charge on any atom is 0.161 e. The number of rotatable bonds is 3. The van der Waals surface area contributed by atoms with Gasteiger partial charge in [-0.05, 0) is 18.2 Å². The minimum Gasteiger partial charge on any atom is -0.504 e. The first-order chi connectivity index (χ1) is 11.3. The predicted octanol–water partition coefficient (Wildman–Crippen LogP) is 3.57. The van der Waals surface area contributed by atoms with Crippen LogP contribution in [0.15, 0.2) is 48.9 Å². The number of anilines is 2. The number of hydrogen-bond donors (Lipinski definition) is 3. The summed E-state index contributed by atoms with van der Waals surface area (Å²) < 4.78 is 5.18. The number of H-pyrrole nitrogens is 1. The number of fused-ring (bicyclic) bond motifs is 2. The second-order valence-corrected chi connectivity index (χ2v) is 5.14. The molecule has 2 aromatic heterocycles. The molecule has 6 heteroatoms. The fourth-order valence-corrected chi connectivity index (χ4v) is 2.65. The Labute approximate surface area is 131 Å². The van der Waals surface area contributed by atoms with E-state index in [1.54, 1.807) is 12.1 Å². The Kier molecular flexibility index (Phi) is 3.01. The number of phenols is 1. The lowest BCUT2D eigenvalue weighted by molar-refractivity contribution is 0.374. The molecule has 0 unspecified atom stereocenters. The van der Waals surface area contributed by atoms with E-state index in [9.17, 15) is 5.11 Å². The van der Waals surface area contributed by atoms with E-state index in [1.165, 1.54) is 13.4 Å². The number of aromatic hydroxyl groups is 1. The summed E-state index contributed by atoms with van der Waals surface area (Å²) in [5, 5.41) is 15.1. The normalized spacial score (nSPS) is 11.0. The zero-order valence-electron chi connectivity index (χ0n) is 12.4. The maximum atomic E-state index is 9.89. The number of phenolic OH excluding ortho intramolecular Hbond substituents is 1. The Morgan fingerprint density at radius 1 is 1.17 bits per heavy atom. The summed E-state index contributed by atoms with van der Waals surface area (Å²) >= 11 is 0. The second kappa shape index (κ2) is 5.17. The number of ether oxygens (including phenoxy) is 1. The Balaban J connectivity index is 1.87. The molecule has 0 spiro atoms. The number of nitrogens with zero attached hydrogens (tertiary/aromatic N) is 2. The summed E-state index contributed by atoms with van der Waals surface area (Å²) in [5.41, 5.74) is 2.56. The van der Waals surface area contributed by atoms with E-state index < -0.39 is 0 Å². The van der Waals surface area contributed by atoms with E-state index in [0.29, 0.717) is 17.1 Å². The number of aromatic amines is 1. The summed E-state index contributed by atoms with van der Waals surface area (Å²) in [4.78, 5) is 11.7. The van der Waals surface area contributed by atoms with Crippen LogP contribution in [-0.2, 0) is 0 Å². The quantitative estimate of drug-likeness (QED) is 0.539. The van der Waals surface area contributed by atoms with Gasteiger partial charge in [-0.1, -0.05) is 12.1 Å². The number of hydrogen-bond acceptors (Lipinski definition) is 5. The van der Waals surface area contributed by atoms with E-state index in [4.69, 9.17) is 4.74 Å². The summed E-state index contributed by atoms with van der Waals surface area (Å²) in [6.07, 6.45) is 3.36. The largest absolute Gasteiger partial charge is 0.504 e. The van der Waals surface area contributed by atoms with E-state index in [0.717, 1.165) is 22.0 Å². The summed E-state index contributed by atoms with van der Waals surface area (Å²) in [6, 6.07) is 11.3. The molecule has 4 aromatic rings. The first-order valence-corrected chi connectivity index (χ1v) is 7.11. The molecule has 2 aromatic carbocycles. The third kappa shape index (κ3) is 2.20. The average molecular weight is 306 g/mol. The number of methoxy groups -OCH3 is 1. The first kappa shape index (κ1) is 13.4. The van der Waals surface area contributed by atoms with Crippen molar-refractivity contribution in [3.05, 3.63) is 48.9 Å². The molecule has 0 aliphatic rings. The lowest BCUT2D eigenvalue weighted by Crippen LogP contribution is -1.97. The van der Waals surface area contributed by atoms with Gasteiger partial charge in [0.05, 0.1) is 23.8 Å². The predicted molar refractivity (Wildman–Crippen MR) is 89.3 cm³/mol. The van der Waals surface area contributed by atoms with Gasteiger partial charge in [-0.25, -0.2) is 9.97 Å². The summed E-state index contributed by atoms with van der Waals surface area (Å²) in [7, 11) is 1.51. The number of aromatic nitrogens is 3. The molecule has 2 heterocycles. The zero-order chi connectivity index (χ0) is 15.8. The van der Waals surface area contributed by atoms with Gasteiger partial charge in [-0.15, -0.1) is 0 Å². The van der Waals surface area contributed by atoms with Gasteiger partial charge < -0.3 is 20.1 Å². The van der Waals surface area contributed by atoms with Crippen LogP contribution in [0.1, 0.15) is 0 Å². The van der Waals surface area contributed by atoms with Crippen molar-refractivity contribution in [3.63, 3.8) is 0 Å². The fourth-order valence-electron chi connectivity index (χ4n) is 2.65. The van der Waals surface area contributed by atoms with Crippen molar-refractivity contribution < 1.29 is 9.84 Å². The molecule has 0 saturated heterocycles. The third-order valence-electron chi connectivity index (χ3n) is 3.78. The fraction of sp³-hybridized carbons (Fsp3) is 0.0588. The molecule has 0 aliphatic heterocycles. The molecule has 6 nitrogen and oxygen atoms in total. The lowest BCUT2D eigenvalue weighted by atomic mass is 10.2. The van der Waals surface area contributed by atoms with Crippen molar-refractivity contribution in [2.45, 2.75) is 0 Å². The van der Waals surface area contributed by atoms with Crippen molar-refractivity contribution in [2.24, 2.45) is 0 Å². The zero-order valence-corrected chi connectivity index (χ0v) is 12.4. The van der Waals surface area contributed by atoms with Crippen molar-refractivity contribution >= 4 is 33.3 Å².